The molecule has 106 valence electrons. The van der Waals surface area contributed by atoms with E-state index in [2.05, 4.69) is 48.5 Å². The molecule has 0 amide bonds. The minimum atomic E-state index is 0.391. The predicted octanol–water partition coefficient (Wildman–Crippen LogP) is 2.61. The first-order valence-corrected chi connectivity index (χ1v) is 8.05. The second-order valence-electron chi connectivity index (χ2n) is 5.87. The number of anilines is 1. The van der Waals surface area contributed by atoms with Crippen molar-refractivity contribution in [1.29, 1.82) is 0 Å². The van der Waals surface area contributed by atoms with Crippen molar-refractivity contribution in [2.75, 3.05) is 30.3 Å². The fraction of sp³-hybridized carbons (Fsp3) is 0.667. The van der Waals surface area contributed by atoms with Gasteiger partial charge in [-0.2, -0.15) is 11.8 Å². The van der Waals surface area contributed by atoms with Crippen LogP contribution in [0.1, 0.15) is 31.4 Å². The Balaban J connectivity index is 2.13. The molecule has 1 aliphatic rings. The molecule has 2 N–H and O–H groups in total. The van der Waals surface area contributed by atoms with Crippen molar-refractivity contribution in [2.24, 2.45) is 5.73 Å². The average Bonchev–Trinajstić information content (AvgIpc) is 2.51. The summed E-state index contributed by atoms with van der Waals surface area (Å²) in [5.41, 5.74) is 8.12. The summed E-state index contributed by atoms with van der Waals surface area (Å²) in [4.78, 5) is 7.10. The van der Waals surface area contributed by atoms with Gasteiger partial charge in [-0.1, -0.05) is 19.9 Å². The topological polar surface area (TPSA) is 42.1 Å². The second kappa shape index (κ2) is 6.14. The maximum absolute atomic E-state index is 5.60. The molecule has 1 aromatic heterocycles. The van der Waals surface area contributed by atoms with Gasteiger partial charge in [0.25, 0.3) is 0 Å². The molecule has 0 aliphatic carbocycles. The van der Waals surface area contributed by atoms with Crippen LogP contribution < -0.4 is 10.6 Å². The summed E-state index contributed by atoms with van der Waals surface area (Å²) in [6.45, 7) is 9.72. The van der Waals surface area contributed by atoms with Crippen LogP contribution in [0.4, 0.5) is 5.82 Å². The Morgan fingerprint density at radius 1 is 1.42 bits per heavy atom. The van der Waals surface area contributed by atoms with Gasteiger partial charge in [0.05, 0.1) is 0 Å². The zero-order valence-corrected chi connectivity index (χ0v) is 13.1. The van der Waals surface area contributed by atoms with E-state index in [0.29, 0.717) is 11.3 Å². The van der Waals surface area contributed by atoms with Gasteiger partial charge in [0.2, 0.25) is 0 Å². The zero-order valence-electron chi connectivity index (χ0n) is 12.3. The third kappa shape index (κ3) is 3.86. The van der Waals surface area contributed by atoms with E-state index in [0.717, 1.165) is 25.3 Å². The Bertz CT molecular complexity index is 431. The van der Waals surface area contributed by atoms with Gasteiger partial charge in [-0.15, -0.1) is 0 Å². The van der Waals surface area contributed by atoms with Gasteiger partial charge in [0.1, 0.15) is 5.82 Å². The van der Waals surface area contributed by atoms with Crippen LogP contribution >= 0.6 is 11.8 Å². The van der Waals surface area contributed by atoms with Gasteiger partial charge in [-0.05, 0) is 37.4 Å². The molecule has 0 radical (unpaired) electrons. The van der Waals surface area contributed by atoms with Gasteiger partial charge in [-0.3, -0.25) is 0 Å². The molecule has 2 heterocycles. The summed E-state index contributed by atoms with van der Waals surface area (Å²) >= 11 is 2.07. The lowest BCUT2D eigenvalue weighted by molar-refractivity contribution is 0.634. The molecule has 0 saturated carbocycles. The maximum atomic E-state index is 5.60. The lowest BCUT2D eigenvalue weighted by atomic mass is 10.1. The largest absolute Gasteiger partial charge is 0.356 e. The number of pyridine rings is 1. The number of hydrogen-bond acceptors (Lipinski definition) is 4. The number of thioether (sulfide) groups is 1. The number of nitrogens with two attached hydrogens (primary N) is 1. The van der Waals surface area contributed by atoms with E-state index >= 15 is 0 Å². The molecular weight excluding hydrogens is 254 g/mol. The predicted molar refractivity (Wildman–Crippen MR) is 85.1 cm³/mol. The average molecular weight is 279 g/mol. The van der Waals surface area contributed by atoms with Gasteiger partial charge < -0.3 is 10.6 Å². The normalized spacial score (nSPS) is 19.3. The number of aryl methyl sites for hydroxylation is 1. The zero-order chi connectivity index (χ0) is 13.9. The first-order chi connectivity index (χ1) is 9.02. The molecule has 2 rings (SSSR count). The molecule has 0 unspecified atom stereocenters. The van der Waals surface area contributed by atoms with E-state index in [1.165, 1.54) is 23.3 Å². The smallest absolute Gasteiger partial charge is 0.131 e. The van der Waals surface area contributed by atoms with E-state index in [-0.39, 0.29) is 0 Å². The monoisotopic (exact) mass is 279 g/mol. The molecule has 0 bridgehead atoms. The molecule has 1 aromatic rings. The third-order valence-electron chi connectivity index (χ3n) is 3.68. The summed E-state index contributed by atoms with van der Waals surface area (Å²) in [7, 11) is 0. The summed E-state index contributed by atoms with van der Waals surface area (Å²) in [6.07, 6.45) is 4.11. The Hall–Kier alpha value is -0.740. The van der Waals surface area contributed by atoms with Crippen LogP contribution in [0.2, 0.25) is 0 Å². The first-order valence-electron chi connectivity index (χ1n) is 7.06. The summed E-state index contributed by atoms with van der Waals surface area (Å²) < 4.78 is 0.391. The number of nitrogens with zero attached hydrogens (tertiary/aromatic N) is 2. The maximum Gasteiger partial charge on any atom is 0.131 e. The molecular formula is C15H25N3S. The summed E-state index contributed by atoms with van der Waals surface area (Å²) in [5.74, 6) is 2.33. The number of aromatic nitrogens is 1. The summed E-state index contributed by atoms with van der Waals surface area (Å²) in [6, 6.07) is 2.23. The Labute approximate surface area is 121 Å². The quantitative estimate of drug-likeness (QED) is 0.923. The van der Waals surface area contributed by atoms with Crippen molar-refractivity contribution in [3.05, 3.63) is 23.4 Å². The Morgan fingerprint density at radius 2 is 2.21 bits per heavy atom. The highest BCUT2D eigenvalue weighted by Crippen LogP contribution is 2.32. The van der Waals surface area contributed by atoms with Crippen LogP contribution in [-0.2, 0) is 6.42 Å². The van der Waals surface area contributed by atoms with E-state index < -0.39 is 0 Å². The molecule has 0 atom stereocenters. The highest BCUT2D eigenvalue weighted by atomic mass is 32.2. The van der Waals surface area contributed by atoms with E-state index in [4.69, 9.17) is 5.73 Å². The second-order valence-corrected chi connectivity index (χ2v) is 7.67. The fourth-order valence-electron chi connectivity index (χ4n) is 2.49. The molecule has 1 aliphatic heterocycles. The minimum absolute atomic E-state index is 0.391. The molecule has 4 heteroatoms. The van der Waals surface area contributed by atoms with E-state index in [1.54, 1.807) is 0 Å². The van der Waals surface area contributed by atoms with Crippen LogP contribution in [0, 0.1) is 6.92 Å². The number of hydrogen-bond donors (Lipinski definition) is 1. The van der Waals surface area contributed by atoms with Gasteiger partial charge in [0, 0.05) is 29.8 Å². The SMILES string of the molecule is Cc1cc(CCN)cnc1N1CCSC(C)(C)CC1. The van der Waals surface area contributed by atoms with Crippen LogP contribution in [0.15, 0.2) is 12.3 Å². The van der Waals surface area contributed by atoms with Crippen LogP contribution in [-0.4, -0.2) is 35.1 Å². The lowest BCUT2D eigenvalue weighted by Gasteiger charge is -2.24. The molecule has 3 nitrogen and oxygen atoms in total. The van der Waals surface area contributed by atoms with E-state index in [9.17, 15) is 0 Å². The van der Waals surface area contributed by atoms with Crippen molar-refractivity contribution in [3.63, 3.8) is 0 Å². The van der Waals surface area contributed by atoms with Gasteiger partial charge >= 0.3 is 0 Å². The molecule has 1 saturated heterocycles. The first kappa shape index (κ1) is 14.7. The van der Waals surface area contributed by atoms with Gasteiger partial charge in [-0.25, -0.2) is 4.98 Å². The van der Waals surface area contributed by atoms with Crippen LogP contribution in [0.25, 0.3) is 0 Å². The third-order valence-corrected chi connectivity index (χ3v) is 5.05. The standard InChI is InChI=1S/C15H25N3S/c1-12-10-13(4-6-16)11-17-14(12)18-7-5-15(2,3)19-9-8-18/h10-11H,4-9,16H2,1-3H3. The molecule has 0 aromatic carbocycles. The van der Waals surface area contributed by atoms with Crippen molar-refractivity contribution >= 4 is 17.6 Å². The summed E-state index contributed by atoms with van der Waals surface area (Å²) in [5, 5.41) is 0. The lowest BCUT2D eigenvalue weighted by Crippen LogP contribution is -2.28. The van der Waals surface area contributed by atoms with Crippen molar-refractivity contribution in [1.82, 2.24) is 4.98 Å². The van der Waals surface area contributed by atoms with Crippen molar-refractivity contribution in [3.8, 4) is 0 Å². The Morgan fingerprint density at radius 3 is 2.89 bits per heavy atom. The molecule has 19 heavy (non-hydrogen) atoms. The fourth-order valence-corrected chi connectivity index (χ4v) is 3.59. The van der Waals surface area contributed by atoms with Crippen molar-refractivity contribution in [2.45, 2.75) is 38.4 Å². The van der Waals surface area contributed by atoms with Gasteiger partial charge in [0.15, 0.2) is 0 Å². The van der Waals surface area contributed by atoms with E-state index in [1.807, 2.05) is 6.20 Å². The minimum Gasteiger partial charge on any atom is -0.356 e. The van der Waals surface area contributed by atoms with Crippen LogP contribution in [0.5, 0.6) is 0 Å². The highest BCUT2D eigenvalue weighted by Gasteiger charge is 2.24. The highest BCUT2D eigenvalue weighted by molar-refractivity contribution is 8.00. The molecule has 1 fully saturated rings. The van der Waals surface area contributed by atoms with Crippen molar-refractivity contribution < 1.29 is 0 Å². The number of rotatable bonds is 3. The Kier molecular flexibility index (Phi) is 4.74. The molecule has 0 spiro atoms. The van der Waals surface area contributed by atoms with Crippen LogP contribution in [0.3, 0.4) is 0 Å².